The first-order chi connectivity index (χ1) is 15.1. The van der Waals surface area contributed by atoms with Crippen LogP contribution in [-0.4, -0.2) is 49.8 Å². The Morgan fingerprint density at radius 3 is 2.38 bits per heavy atom. The smallest absolute Gasteiger partial charge is 0.322 e. The molecule has 2 saturated heterocycles. The molecule has 32 heavy (non-hydrogen) atoms. The van der Waals surface area contributed by atoms with E-state index in [-0.39, 0.29) is 51.1 Å². The monoisotopic (exact) mass is 496 g/mol. The van der Waals surface area contributed by atoms with E-state index in [2.05, 4.69) is 15.4 Å². The molecule has 0 unspecified atom stereocenters. The van der Waals surface area contributed by atoms with Crippen LogP contribution in [0.2, 0.25) is 10.0 Å². The summed E-state index contributed by atoms with van der Waals surface area (Å²) in [5.74, 6) is -0.687. The average Bonchev–Trinajstić information content (AvgIpc) is 3.02. The first kappa shape index (κ1) is 22.4. The van der Waals surface area contributed by atoms with Gasteiger partial charge in [-0.2, -0.15) is 0 Å². The van der Waals surface area contributed by atoms with E-state index in [1.165, 1.54) is 30.3 Å². The second-order valence-electron chi connectivity index (χ2n) is 7.54. The number of benzene rings is 2. The number of hydrogen-bond donors (Lipinski definition) is 3. The van der Waals surface area contributed by atoms with Gasteiger partial charge in [0.2, 0.25) is 0 Å². The van der Waals surface area contributed by atoms with Crippen LogP contribution in [0.5, 0.6) is 0 Å². The SMILES string of the molecule is O=C1NC(=O)C2(CCN(C(=O)c3cccc(NS(=O)(=O)c4ccc(Cl)c(Cl)c4)c3)CC2)N1. The molecule has 2 heterocycles. The van der Waals surface area contributed by atoms with Gasteiger partial charge in [0.25, 0.3) is 21.8 Å². The van der Waals surface area contributed by atoms with Crippen LogP contribution >= 0.6 is 23.2 Å². The molecule has 3 N–H and O–H groups in total. The number of sulfonamides is 1. The van der Waals surface area contributed by atoms with Gasteiger partial charge in [0, 0.05) is 24.3 Å². The van der Waals surface area contributed by atoms with E-state index >= 15 is 0 Å². The minimum atomic E-state index is -3.95. The van der Waals surface area contributed by atoms with Crippen LogP contribution < -0.4 is 15.4 Å². The maximum Gasteiger partial charge on any atom is 0.322 e. The van der Waals surface area contributed by atoms with E-state index in [4.69, 9.17) is 23.2 Å². The highest BCUT2D eigenvalue weighted by molar-refractivity contribution is 7.92. The second-order valence-corrected chi connectivity index (χ2v) is 10.0. The Balaban J connectivity index is 1.47. The fraction of sp³-hybridized carbons (Fsp3) is 0.250. The molecule has 1 spiro atoms. The number of halogens is 2. The Bertz CT molecular complexity index is 1230. The molecular formula is C20H18Cl2N4O5S. The third-order valence-corrected chi connectivity index (χ3v) is 7.60. The molecule has 2 aliphatic rings. The molecule has 0 saturated carbocycles. The Morgan fingerprint density at radius 2 is 1.75 bits per heavy atom. The van der Waals surface area contributed by atoms with Crippen molar-refractivity contribution >= 4 is 56.8 Å². The fourth-order valence-corrected chi connectivity index (χ4v) is 5.17. The third-order valence-electron chi connectivity index (χ3n) is 5.48. The number of rotatable bonds is 4. The number of piperidine rings is 1. The van der Waals surface area contributed by atoms with Gasteiger partial charge >= 0.3 is 6.03 Å². The summed E-state index contributed by atoms with van der Waals surface area (Å²) < 4.78 is 27.8. The topological polar surface area (TPSA) is 125 Å². The van der Waals surface area contributed by atoms with E-state index < -0.39 is 21.6 Å². The minimum absolute atomic E-state index is 0.0677. The Kier molecular flexibility index (Phi) is 5.78. The van der Waals surface area contributed by atoms with Crippen molar-refractivity contribution < 1.29 is 22.8 Å². The molecule has 0 bridgehead atoms. The molecule has 4 rings (SSSR count). The van der Waals surface area contributed by atoms with E-state index in [9.17, 15) is 22.8 Å². The Hall–Kier alpha value is -2.82. The molecule has 2 fully saturated rings. The van der Waals surface area contributed by atoms with Gasteiger partial charge in [0.15, 0.2) is 0 Å². The molecular weight excluding hydrogens is 479 g/mol. The number of imide groups is 1. The lowest BCUT2D eigenvalue weighted by molar-refractivity contribution is -0.125. The van der Waals surface area contributed by atoms with Crippen molar-refractivity contribution in [3.05, 3.63) is 58.1 Å². The molecule has 2 aromatic rings. The molecule has 0 radical (unpaired) electrons. The lowest BCUT2D eigenvalue weighted by Gasteiger charge is -2.37. The van der Waals surface area contributed by atoms with Gasteiger partial charge in [-0.25, -0.2) is 13.2 Å². The van der Waals surface area contributed by atoms with E-state index in [0.29, 0.717) is 12.8 Å². The third kappa shape index (κ3) is 4.25. The zero-order valence-electron chi connectivity index (χ0n) is 16.5. The summed E-state index contributed by atoms with van der Waals surface area (Å²) in [4.78, 5) is 38.0. The summed E-state index contributed by atoms with van der Waals surface area (Å²) in [6, 6.07) is 9.52. The van der Waals surface area contributed by atoms with Gasteiger partial charge in [0.05, 0.1) is 14.9 Å². The van der Waals surface area contributed by atoms with Gasteiger partial charge in [-0.05, 0) is 49.2 Å². The molecule has 2 aromatic carbocycles. The van der Waals surface area contributed by atoms with Crippen LogP contribution in [0.1, 0.15) is 23.2 Å². The van der Waals surface area contributed by atoms with E-state index in [1.807, 2.05) is 0 Å². The number of likely N-dealkylation sites (tertiary alicyclic amines) is 1. The molecule has 4 amide bonds. The number of carbonyl (C=O) groups is 3. The minimum Gasteiger partial charge on any atom is -0.338 e. The largest absolute Gasteiger partial charge is 0.338 e. The highest BCUT2D eigenvalue weighted by Gasteiger charge is 2.48. The molecule has 2 aliphatic heterocycles. The fourth-order valence-electron chi connectivity index (χ4n) is 3.73. The average molecular weight is 497 g/mol. The summed E-state index contributed by atoms with van der Waals surface area (Å²) in [7, 11) is -3.95. The number of anilines is 1. The van der Waals surface area contributed by atoms with Crippen LogP contribution in [0.4, 0.5) is 10.5 Å². The van der Waals surface area contributed by atoms with Crippen molar-refractivity contribution in [1.82, 2.24) is 15.5 Å². The van der Waals surface area contributed by atoms with Crippen molar-refractivity contribution in [2.24, 2.45) is 0 Å². The van der Waals surface area contributed by atoms with E-state index in [1.54, 1.807) is 17.0 Å². The number of nitrogens with one attached hydrogen (secondary N) is 3. The molecule has 0 aliphatic carbocycles. The number of carbonyl (C=O) groups excluding carboxylic acids is 3. The predicted molar refractivity (Wildman–Crippen MR) is 118 cm³/mol. The quantitative estimate of drug-likeness (QED) is 0.561. The number of nitrogens with zero attached hydrogens (tertiary/aromatic N) is 1. The maximum atomic E-state index is 12.9. The summed E-state index contributed by atoms with van der Waals surface area (Å²) in [5, 5.41) is 5.21. The zero-order valence-corrected chi connectivity index (χ0v) is 18.9. The summed E-state index contributed by atoms with van der Waals surface area (Å²) >= 11 is 11.8. The second kappa shape index (κ2) is 8.27. The first-order valence-corrected chi connectivity index (χ1v) is 11.8. The molecule has 12 heteroatoms. The number of hydrogen-bond acceptors (Lipinski definition) is 5. The van der Waals surface area contributed by atoms with Gasteiger partial charge in [0.1, 0.15) is 5.54 Å². The highest BCUT2D eigenvalue weighted by Crippen LogP contribution is 2.28. The number of amides is 4. The van der Waals surface area contributed by atoms with Crippen LogP contribution in [0.3, 0.4) is 0 Å². The van der Waals surface area contributed by atoms with Crippen LogP contribution in [0.25, 0.3) is 0 Å². The summed E-state index contributed by atoms with van der Waals surface area (Å²) in [6.07, 6.45) is 0.583. The maximum absolute atomic E-state index is 12.9. The molecule has 0 atom stereocenters. The van der Waals surface area contributed by atoms with Gasteiger partial charge in [-0.1, -0.05) is 29.3 Å². The predicted octanol–water partition coefficient (Wildman–Crippen LogP) is 2.61. The lowest BCUT2D eigenvalue weighted by Crippen LogP contribution is -2.55. The number of urea groups is 1. The Morgan fingerprint density at radius 1 is 1.03 bits per heavy atom. The van der Waals surface area contributed by atoms with Crippen LogP contribution in [0, 0.1) is 0 Å². The normalized spacial score (nSPS) is 17.8. The van der Waals surface area contributed by atoms with Gasteiger partial charge in [-0.3, -0.25) is 19.6 Å². The highest BCUT2D eigenvalue weighted by atomic mass is 35.5. The summed E-state index contributed by atoms with van der Waals surface area (Å²) in [6.45, 7) is 0.539. The van der Waals surface area contributed by atoms with Crippen molar-refractivity contribution in [3.8, 4) is 0 Å². The van der Waals surface area contributed by atoms with Crippen molar-refractivity contribution in [3.63, 3.8) is 0 Å². The molecule has 0 aromatic heterocycles. The first-order valence-electron chi connectivity index (χ1n) is 9.60. The molecule has 168 valence electrons. The molecule has 9 nitrogen and oxygen atoms in total. The van der Waals surface area contributed by atoms with Crippen molar-refractivity contribution in [1.29, 1.82) is 0 Å². The van der Waals surface area contributed by atoms with Gasteiger partial charge in [-0.15, -0.1) is 0 Å². The van der Waals surface area contributed by atoms with Crippen molar-refractivity contribution in [2.45, 2.75) is 23.3 Å². The summed E-state index contributed by atoms with van der Waals surface area (Å²) in [5.41, 5.74) is -0.487. The van der Waals surface area contributed by atoms with Crippen LogP contribution in [0.15, 0.2) is 47.4 Å². The lowest BCUT2D eigenvalue weighted by atomic mass is 9.87. The van der Waals surface area contributed by atoms with Crippen molar-refractivity contribution in [2.75, 3.05) is 17.8 Å². The standard InChI is InChI=1S/C20H18Cl2N4O5S/c21-15-5-4-14(11-16(15)22)32(30,31)25-13-3-1-2-12(10-13)17(27)26-8-6-20(7-9-26)18(28)23-19(29)24-20/h1-5,10-11,25H,6-9H2,(H2,23,24,28,29). The van der Waals surface area contributed by atoms with E-state index in [0.717, 1.165) is 0 Å². The Labute approximate surface area is 194 Å². The zero-order chi connectivity index (χ0) is 23.1. The van der Waals surface area contributed by atoms with Crippen LogP contribution in [-0.2, 0) is 14.8 Å². The van der Waals surface area contributed by atoms with Gasteiger partial charge < -0.3 is 10.2 Å².